The Morgan fingerprint density at radius 1 is 1.20 bits per heavy atom. The molecule has 0 radical (unpaired) electrons. The third-order valence-corrected chi connectivity index (χ3v) is 6.59. The highest BCUT2D eigenvalue weighted by molar-refractivity contribution is 7.89. The number of halogens is 1. The number of amides is 1. The number of sulfonamides is 1. The van der Waals surface area contributed by atoms with Gasteiger partial charge in [0.1, 0.15) is 5.75 Å². The van der Waals surface area contributed by atoms with Gasteiger partial charge in [0, 0.05) is 5.02 Å². The van der Waals surface area contributed by atoms with Gasteiger partial charge in [0.15, 0.2) is 6.61 Å². The summed E-state index contributed by atoms with van der Waals surface area (Å²) in [5, 5.41) is 8.67. The minimum absolute atomic E-state index is 0.00985. The fourth-order valence-corrected chi connectivity index (χ4v) is 4.60. The Morgan fingerprint density at radius 2 is 1.93 bits per heavy atom. The maximum absolute atomic E-state index is 12.4. The molecule has 1 aliphatic carbocycles. The van der Waals surface area contributed by atoms with Crippen LogP contribution in [0.3, 0.4) is 0 Å². The van der Waals surface area contributed by atoms with Gasteiger partial charge in [0.05, 0.1) is 10.9 Å². The van der Waals surface area contributed by atoms with Crippen LogP contribution < -0.4 is 15.2 Å². The molecule has 1 saturated carbocycles. The lowest BCUT2D eigenvalue weighted by Gasteiger charge is -2.24. The Hall–Kier alpha value is -2.09. The number of nitrogens with two attached hydrogens (primary N) is 1. The van der Waals surface area contributed by atoms with Crippen molar-refractivity contribution in [1.82, 2.24) is 5.32 Å². The molecule has 6 nitrogen and oxygen atoms in total. The Balaban J connectivity index is 1.64. The van der Waals surface area contributed by atoms with Gasteiger partial charge < -0.3 is 10.1 Å². The molecule has 0 aliphatic heterocycles. The maximum atomic E-state index is 12.4. The van der Waals surface area contributed by atoms with E-state index in [4.69, 9.17) is 21.5 Å². The standard InChI is InChI=1S/C22H27ClN2O4S/c1-15(17-8-5-9-19(12-17)30(24,27)28)25-22(26)14-29-21-11-10-18(23)13-20(21)16-6-3-2-4-7-16/h5,8-13,15-16H,2-4,6-7,14H2,1H3,(H,25,26)(H2,24,27,28). The van der Waals surface area contributed by atoms with Crippen LogP contribution in [0.15, 0.2) is 47.4 Å². The molecule has 1 unspecified atom stereocenters. The summed E-state index contributed by atoms with van der Waals surface area (Å²) in [5.74, 6) is 0.786. The minimum atomic E-state index is -3.80. The van der Waals surface area contributed by atoms with E-state index in [1.807, 2.05) is 12.1 Å². The van der Waals surface area contributed by atoms with Crippen LogP contribution in [0.2, 0.25) is 5.02 Å². The first-order valence-electron chi connectivity index (χ1n) is 10.1. The highest BCUT2D eigenvalue weighted by Gasteiger charge is 2.20. The van der Waals surface area contributed by atoms with Crippen molar-refractivity contribution >= 4 is 27.5 Å². The molecule has 162 valence electrons. The molecule has 8 heteroatoms. The van der Waals surface area contributed by atoms with Crippen molar-refractivity contribution in [3.05, 3.63) is 58.6 Å². The normalized spacial score (nSPS) is 16.1. The van der Waals surface area contributed by atoms with Gasteiger partial charge in [-0.2, -0.15) is 0 Å². The second-order valence-corrected chi connectivity index (χ2v) is 9.71. The average molecular weight is 451 g/mol. The number of hydrogen-bond acceptors (Lipinski definition) is 4. The number of carbonyl (C=O) groups is 1. The number of primary sulfonamides is 1. The molecule has 3 N–H and O–H groups in total. The van der Waals surface area contributed by atoms with Crippen LogP contribution >= 0.6 is 11.6 Å². The smallest absolute Gasteiger partial charge is 0.258 e. The summed E-state index contributed by atoms with van der Waals surface area (Å²) >= 11 is 6.19. The number of nitrogens with one attached hydrogen (secondary N) is 1. The fraction of sp³-hybridized carbons (Fsp3) is 0.409. The summed E-state index contributed by atoms with van der Waals surface area (Å²) in [5.41, 5.74) is 1.70. The predicted molar refractivity (Wildman–Crippen MR) is 117 cm³/mol. The number of hydrogen-bond donors (Lipinski definition) is 2. The average Bonchev–Trinajstić information content (AvgIpc) is 2.73. The highest BCUT2D eigenvalue weighted by Crippen LogP contribution is 2.38. The largest absolute Gasteiger partial charge is 0.483 e. The van der Waals surface area contributed by atoms with E-state index in [9.17, 15) is 13.2 Å². The summed E-state index contributed by atoms with van der Waals surface area (Å²) in [6.45, 7) is 1.64. The second kappa shape index (κ2) is 9.81. The van der Waals surface area contributed by atoms with Crippen LogP contribution in [0, 0.1) is 0 Å². The summed E-state index contributed by atoms with van der Waals surface area (Å²) in [4.78, 5) is 12.4. The Labute approximate surface area is 182 Å². The summed E-state index contributed by atoms with van der Waals surface area (Å²) in [7, 11) is -3.80. The van der Waals surface area contributed by atoms with Crippen molar-refractivity contribution in [2.75, 3.05) is 6.61 Å². The molecule has 1 aliphatic rings. The fourth-order valence-electron chi connectivity index (χ4n) is 3.85. The molecule has 1 atom stereocenters. The molecule has 3 rings (SSSR count). The third-order valence-electron chi connectivity index (χ3n) is 5.44. The van der Waals surface area contributed by atoms with Gasteiger partial charge >= 0.3 is 0 Å². The van der Waals surface area contributed by atoms with E-state index < -0.39 is 16.1 Å². The number of carbonyl (C=O) groups excluding carboxylic acids is 1. The van der Waals surface area contributed by atoms with Crippen LogP contribution in [0.4, 0.5) is 0 Å². The van der Waals surface area contributed by atoms with Gasteiger partial charge in [0.2, 0.25) is 10.0 Å². The molecule has 0 spiro atoms. The minimum Gasteiger partial charge on any atom is -0.483 e. The van der Waals surface area contributed by atoms with Crippen molar-refractivity contribution in [1.29, 1.82) is 0 Å². The van der Waals surface area contributed by atoms with Crippen LogP contribution in [0.25, 0.3) is 0 Å². The highest BCUT2D eigenvalue weighted by atomic mass is 35.5. The zero-order valence-corrected chi connectivity index (χ0v) is 18.5. The van der Waals surface area contributed by atoms with E-state index in [0.29, 0.717) is 22.3 Å². The Morgan fingerprint density at radius 3 is 2.63 bits per heavy atom. The molecular weight excluding hydrogens is 424 g/mol. The molecule has 1 fully saturated rings. The zero-order valence-electron chi connectivity index (χ0n) is 16.9. The predicted octanol–water partition coefficient (Wildman–Crippen LogP) is 4.29. The van der Waals surface area contributed by atoms with Crippen LogP contribution in [0.5, 0.6) is 5.75 Å². The zero-order chi connectivity index (χ0) is 21.7. The summed E-state index contributed by atoms with van der Waals surface area (Å²) < 4.78 is 28.9. The van der Waals surface area contributed by atoms with E-state index in [1.165, 1.54) is 31.4 Å². The van der Waals surface area contributed by atoms with Gasteiger partial charge in [-0.3, -0.25) is 4.79 Å². The van der Waals surface area contributed by atoms with E-state index >= 15 is 0 Å². The first-order valence-corrected chi connectivity index (χ1v) is 12.0. The first-order chi connectivity index (χ1) is 14.2. The van der Waals surface area contributed by atoms with E-state index in [2.05, 4.69) is 5.32 Å². The van der Waals surface area contributed by atoms with Crippen molar-refractivity contribution in [2.24, 2.45) is 5.14 Å². The lowest BCUT2D eigenvalue weighted by atomic mass is 9.84. The van der Waals surface area contributed by atoms with E-state index in [0.717, 1.165) is 18.4 Å². The Kier molecular flexibility index (Phi) is 7.39. The molecule has 0 saturated heterocycles. The van der Waals surface area contributed by atoms with Crippen molar-refractivity contribution in [3.8, 4) is 5.75 Å². The van der Waals surface area contributed by atoms with E-state index in [1.54, 1.807) is 25.1 Å². The third kappa shape index (κ3) is 5.97. The number of benzene rings is 2. The molecule has 1 amide bonds. The van der Waals surface area contributed by atoms with Crippen molar-refractivity contribution in [3.63, 3.8) is 0 Å². The number of rotatable bonds is 7. The van der Waals surface area contributed by atoms with Crippen LogP contribution in [-0.2, 0) is 14.8 Å². The first kappa shape index (κ1) is 22.6. The van der Waals surface area contributed by atoms with Gasteiger partial charge in [-0.05, 0) is 67.1 Å². The van der Waals surface area contributed by atoms with Crippen molar-refractivity contribution < 1.29 is 17.9 Å². The second-order valence-electron chi connectivity index (χ2n) is 7.71. The lowest BCUT2D eigenvalue weighted by molar-refractivity contribution is -0.123. The number of ether oxygens (including phenoxy) is 1. The van der Waals surface area contributed by atoms with Gasteiger partial charge in [-0.25, -0.2) is 13.6 Å². The van der Waals surface area contributed by atoms with Crippen LogP contribution in [0.1, 0.15) is 62.1 Å². The molecule has 0 bridgehead atoms. The van der Waals surface area contributed by atoms with Crippen molar-refractivity contribution in [2.45, 2.75) is 55.9 Å². The van der Waals surface area contributed by atoms with Gasteiger partial charge in [-0.1, -0.05) is 43.0 Å². The van der Waals surface area contributed by atoms with Crippen LogP contribution in [-0.4, -0.2) is 20.9 Å². The topological polar surface area (TPSA) is 98.5 Å². The maximum Gasteiger partial charge on any atom is 0.258 e. The molecule has 2 aromatic carbocycles. The summed E-state index contributed by atoms with van der Waals surface area (Å²) in [6.07, 6.45) is 5.82. The monoisotopic (exact) mass is 450 g/mol. The molecule has 0 aromatic heterocycles. The summed E-state index contributed by atoms with van der Waals surface area (Å²) in [6, 6.07) is 11.3. The quantitative estimate of drug-likeness (QED) is 0.657. The SMILES string of the molecule is CC(NC(=O)COc1ccc(Cl)cc1C1CCCCC1)c1cccc(S(N)(=O)=O)c1. The van der Waals surface area contributed by atoms with Gasteiger partial charge in [-0.15, -0.1) is 0 Å². The van der Waals surface area contributed by atoms with E-state index in [-0.39, 0.29) is 17.4 Å². The molecule has 30 heavy (non-hydrogen) atoms. The lowest BCUT2D eigenvalue weighted by Crippen LogP contribution is -2.31. The Bertz CT molecular complexity index is 1000. The van der Waals surface area contributed by atoms with Gasteiger partial charge in [0.25, 0.3) is 5.91 Å². The molecular formula is C22H27ClN2O4S. The molecule has 2 aromatic rings. The molecule has 0 heterocycles.